The predicted octanol–water partition coefficient (Wildman–Crippen LogP) is -0.911. The van der Waals surface area contributed by atoms with Gasteiger partial charge in [0, 0.05) is 27.7 Å². The quantitative estimate of drug-likeness (QED) is 0.517. The minimum absolute atomic E-state index is 0.411. The van der Waals surface area contributed by atoms with Gasteiger partial charge in [-0.15, -0.1) is 0 Å². The molecule has 1 fully saturated rings. The molecular formula is C13H18O9. The molecule has 1 unspecified atom stereocenters. The van der Waals surface area contributed by atoms with Gasteiger partial charge in [0.2, 0.25) is 6.10 Å². The van der Waals surface area contributed by atoms with Crippen LogP contribution >= 0.6 is 0 Å². The molecule has 0 aromatic heterocycles. The van der Waals surface area contributed by atoms with Crippen LogP contribution in [0.4, 0.5) is 0 Å². The third kappa shape index (κ3) is 4.01. The maximum absolute atomic E-state index is 11.7. The molecule has 0 aromatic carbocycles. The predicted molar refractivity (Wildman–Crippen MR) is 68.2 cm³/mol. The van der Waals surface area contributed by atoms with Crippen LogP contribution in [0.3, 0.4) is 0 Å². The first-order valence-corrected chi connectivity index (χ1v) is 6.47. The van der Waals surface area contributed by atoms with E-state index in [-0.39, 0.29) is 0 Å². The molecule has 0 saturated carbocycles. The molecule has 9 heteroatoms. The molecule has 22 heavy (non-hydrogen) atoms. The topological polar surface area (TPSA) is 125 Å². The Hall–Kier alpha value is -2.00. The Morgan fingerprint density at radius 3 is 1.86 bits per heavy atom. The number of carbonyl (C=O) groups is 4. The number of aliphatic hydroxyl groups is 1. The normalized spacial score (nSPS) is 31.0. The van der Waals surface area contributed by atoms with Crippen LogP contribution in [0.25, 0.3) is 0 Å². The summed E-state index contributed by atoms with van der Waals surface area (Å²) in [5.41, 5.74) is 0. The Kier molecular flexibility index (Phi) is 5.61. The van der Waals surface area contributed by atoms with E-state index in [2.05, 4.69) is 0 Å². The molecule has 0 amide bonds. The number of carbonyl (C=O) groups excluding carboxylic acids is 4. The van der Waals surface area contributed by atoms with Crippen LogP contribution < -0.4 is 0 Å². The monoisotopic (exact) mass is 318 g/mol. The minimum Gasteiger partial charge on any atom is -0.456 e. The van der Waals surface area contributed by atoms with E-state index in [1.165, 1.54) is 0 Å². The van der Waals surface area contributed by atoms with Gasteiger partial charge in [-0.2, -0.15) is 0 Å². The lowest BCUT2D eigenvalue weighted by Gasteiger charge is -2.43. The molecule has 1 aliphatic heterocycles. The summed E-state index contributed by atoms with van der Waals surface area (Å²) in [6.07, 6.45) is -4.18. The van der Waals surface area contributed by atoms with Crippen molar-refractivity contribution in [2.45, 2.75) is 51.8 Å². The van der Waals surface area contributed by atoms with Gasteiger partial charge in [-0.05, 0) is 0 Å². The highest BCUT2D eigenvalue weighted by Crippen LogP contribution is 2.31. The van der Waals surface area contributed by atoms with Crippen LogP contribution in [-0.2, 0) is 38.1 Å². The van der Waals surface area contributed by atoms with Gasteiger partial charge in [0.1, 0.15) is 0 Å². The number of esters is 3. The summed E-state index contributed by atoms with van der Waals surface area (Å²) in [6, 6.07) is 0. The summed E-state index contributed by atoms with van der Waals surface area (Å²) < 4.78 is 19.8. The first kappa shape index (κ1) is 18.1. The van der Waals surface area contributed by atoms with Gasteiger partial charge in [0.05, 0.1) is 6.61 Å². The van der Waals surface area contributed by atoms with Crippen molar-refractivity contribution < 1.29 is 43.2 Å². The Labute approximate surface area is 126 Å². The zero-order valence-corrected chi connectivity index (χ0v) is 12.7. The lowest BCUT2D eigenvalue weighted by molar-refractivity contribution is -0.308. The molecule has 1 rings (SSSR count). The molecule has 0 radical (unpaired) electrons. The van der Waals surface area contributed by atoms with Crippen LogP contribution in [0.2, 0.25) is 0 Å². The Bertz CT molecular complexity index is 486. The van der Waals surface area contributed by atoms with Crippen molar-refractivity contribution in [1.82, 2.24) is 0 Å². The number of rotatable bonds is 4. The van der Waals surface area contributed by atoms with Gasteiger partial charge >= 0.3 is 17.9 Å². The van der Waals surface area contributed by atoms with Crippen molar-refractivity contribution in [2.75, 3.05) is 6.61 Å². The molecule has 1 heterocycles. The van der Waals surface area contributed by atoms with E-state index >= 15 is 0 Å². The molecule has 0 aromatic rings. The summed E-state index contributed by atoms with van der Waals surface area (Å²) in [7, 11) is 0. The van der Waals surface area contributed by atoms with E-state index in [9.17, 15) is 24.3 Å². The standard InChI is InChI=1S/C13H18O9/c1-6(14)13(18)12(22-9(4)17)11(21-8(3)16)10(5-19-13)20-7(2)15/h10-12,18H,5H2,1-4H3/t10-,11-,12-,13?/m0/s1. The molecule has 0 spiro atoms. The van der Waals surface area contributed by atoms with Gasteiger partial charge in [-0.3, -0.25) is 19.2 Å². The fraction of sp³-hybridized carbons (Fsp3) is 0.692. The zero-order chi connectivity index (χ0) is 17.1. The number of hydrogen-bond acceptors (Lipinski definition) is 9. The van der Waals surface area contributed by atoms with Gasteiger partial charge in [0.15, 0.2) is 18.0 Å². The van der Waals surface area contributed by atoms with Crippen LogP contribution in [0.15, 0.2) is 0 Å². The largest absolute Gasteiger partial charge is 0.456 e. The fourth-order valence-corrected chi connectivity index (χ4v) is 2.08. The maximum atomic E-state index is 11.7. The van der Waals surface area contributed by atoms with E-state index in [1.54, 1.807) is 0 Å². The molecule has 9 nitrogen and oxygen atoms in total. The summed E-state index contributed by atoms with van der Waals surface area (Å²) >= 11 is 0. The zero-order valence-electron chi connectivity index (χ0n) is 12.7. The second kappa shape index (κ2) is 6.84. The molecule has 0 aliphatic carbocycles. The first-order chi connectivity index (χ1) is 10.1. The van der Waals surface area contributed by atoms with Crippen molar-refractivity contribution in [1.29, 1.82) is 0 Å². The molecule has 0 bridgehead atoms. The molecule has 1 aliphatic rings. The maximum Gasteiger partial charge on any atom is 0.303 e. The van der Waals surface area contributed by atoms with Crippen LogP contribution in [-0.4, -0.2) is 59.5 Å². The average molecular weight is 318 g/mol. The highest BCUT2D eigenvalue weighted by Gasteiger charge is 2.58. The van der Waals surface area contributed by atoms with Gasteiger partial charge < -0.3 is 24.1 Å². The Balaban J connectivity index is 3.21. The van der Waals surface area contributed by atoms with Crippen molar-refractivity contribution in [3.8, 4) is 0 Å². The smallest absolute Gasteiger partial charge is 0.303 e. The van der Waals surface area contributed by atoms with Gasteiger partial charge in [-0.1, -0.05) is 0 Å². The molecular weight excluding hydrogens is 300 g/mol. The highest BCUT2D eigenvalue weighted by atomic mass is 16.7. The van der Waals surface area contributed by atoms with E-state index < -0.39 is 54.4 Å². The minimum atomic E-state index is -2.50. The fourth-order valence-electron chi connectivity index (χ4n) is 2.08. The second-order valence-electron chi connectivity index (χ2n) is 4.82. The lowest BCUT2D eigenvalue weighted by Crippen LogP contribution is -2.66. The van der Waals surface area contributed by atoms with Crippen molar-refractivity contribution in [2.24, 2.45) is 0 Å². The van der Waals surface area contributed by atoms with Crippen molar-refractivity contribution in [3.63, 3.8) is 0 Å². The summed E-state index contributed by atoms with van der Waals surface area (Å²) in [6.45, 7) is 3.86. The Morgan fingerprint density at radius 2 is 1.45 bits per heavy atom. The van der Waals surface area contributed by atoms with E-state index in [1.807, 2.05) is 0 Å². The van der Waals surface area contributed by atoms with Crippen LogP contribution in [0.1, 0.15) is 27.7 Å². The summed E-state index contributed by atoms with van der Waals surface area (Å²) in [5, 5.41) is 10.3. The van der Waals surface area contributed by atoms with Gasteiger partial charge in [-0.25, -0.2) is 0 Å². The SMILES string of the molecule is CC(=O)O[C@H]1[C@@H](OC(C)=O)COC(O)(C(C)=O)[C@H]1OC(C)=O. The Morgan fingerprint density at radius 1 is 0.955 bits per heavy atom. The van der Waals surface area contributed by atoms with Gasteiger partial charge in [0.25, 0.3) is 5.79 Å². The molecule has 1 saturated heterocycles. The number of ketones is 1. The van der Waals surface area contributed by atoms with E-state index in [4.69, 9.17) is 18.9 Å². The average Bonchev–Trinajstić information content (AvgIpc) is 2.35. The first-order valence-electron chi connectivity index (χ1n) is 6.47. The van der Waals surface area contributed by atoms with E-state index in [0.717, 1.165) is 27.7 Å². The second-order valence-corrected chi connectivity index (χ2v) is 4.82. The molecule has 124 valence electrons. The van der Waals surface area contributed by atoms with Crippen molar-refractivity contribution >= 4 is 23.7 Å². The third-order valence-electron chi connectivity index (χ3n) is 2.93. The van der Waals surface area contributed by atoms with E-state index in [0.29, 0.717) is 0 Å². The third-order valence-corrected chi connectivity index (χ3v) is 2.93. The number of Topliss-reactive ketones (excluding diaryl/α,β-unsaturated/α-hetero) is 1. The summed E-state index contributed by atoms with van der Waals surface area (Å²) in [4.78, 5) is 45.2. The number of hydrogen-bond donors (Lipinski definition) is 1. The molecule has 1 N–H and O–H groups in total. The van der Waals surface area contributed by atoms with Crippen LogP contribution in [0.5, 0.6) is 0 Å². The van der Waals surface area contributed by atoms with Crippen LogP contribution in [0, 0.1) is 0 Å². The number of ether oxygens (including phenoxy) is 4. The van der Waals surface area contributed by atoms with Crippen molar-refractivity contribution in [3.05, 3.63) is 0 Å². The lowest BCUT2D eigenvalue weighted by atomic mass is 9.93. The molecule has 4 atom stereocenters. The summed E-state index contributed by atoms with van der Waals surface area (Å²) in [5.74, 6) is -5.65. The highest BCUT2D eigenvalue weighted by molar-refractivity contribution is 5.84.